The number of H-pyrrole nitrogens is 1. The molecule has 0 saturated heterocycles. The van der Waals surface area contributed by atoms with Gasteiger partial charge in [-0.05, 0) is 53.8 Å². The Balaban J connectivity index is 1.50. The third-order valence-electron chi connectivity index (χ3n) is 4.31. The van der Waals surface area contributed by atoms with E-state index in [1.807, 2.05) is 18.2 Å². The minimum absolute atomic E-state index is 0.0908. The molecule has 0 aliphatic rings. The lowest BCUT2D eigenvalue weighted by Crippen LogP contribution is -2.37. The summed E-state index contributed by atoms with van der Waals surface area (Å²) in [7, 11) is 0. The van der Waals surface area contributed by atoms with E-state index in [2.05, 4.69) is 15.6 Å². The van der Waals surface area contributed by atoms with E-state index in [-0.39, 0.29) is 30.3 Å². The number of halogens is 1. The number of rotatable bonds is 6. The van der Waals surface area contributed by atoms with E-state index in [9.17, 15) is 14.4 Å². The third kappa shape index (κ3) is 5.20. The van der Waals surface area contributed by atoms with Crippen molar-refractivity contribution >= 4 is 34.3 Å². The molecule has 0 saturated carbocycles. The van der Waals surface area contributed by atoms with Gasteiger partial charge in [0.15, 0.2) is 0 Å². The van der Waals surface area contributed by atoms with Gasteiger partial charge in [0.2, 0.25) is 11.8 Å². The summed E-state index contributed by atoms with van der Waals surface area (Å²) in [6.45, 7) is 2.01. The van der Waals surface area contributed by atoms with Gasteiger partial charge in [-0.2, -0.15) is 0 Å². The Morgan fingerprint density at radius 3 is 2.43 bits per heavy atom. The first-order valence-corrected chi connectivity index (χ1v) is 9.19. The Bertz CT molecular complexity index is 1070. The van der Waals surface area contributed by atoms with E-state index in [1.54, 1.807) is 37.3 Å². The molecule has 3 aromatic rings. The smallest absolute Gasteiger partial charge is 0.251 e. The average molecular weight is 398 g/mol. The number of carbonyl (C=O) groups is 2. The zero-order valence-corrected chi connectivity index (χ0v) is 16.1. The van der Waals surface area contributed by atoms with Gasteiger partial charge < -0.3 is 15.6 Å². The number of fused-ring (bicyclic) bond motifs is 1. The van der Waals surface area contributed by atoms with Gasteiger partial charge in [0.25, 0.3) is 5.56 Å². The molecule has 3 rings (SSSR count). The van der Waals surface area contributed by atoms with E-state index in [4.69, 9.17) is 11.6 Å². The van der Waals surface area contributed by atoms with Gasteiger partial charge >= 0.3 is 0 Å². The predicted molar refractivity (Wildman–Crippen MR) is 109 cm³/mol. The lowest BCUT2D eigenvalue weighted by Gasteiger charge is -2.08. The molecule has 0 spiro atoms. The molecule has 2 aromatic carbocycles. The standard InChI is InChI=1S/C21H20ClN3O3/c1-13-8-16-9-15(4-7-18(16)25-21(13)28)10-19(26)24-12-20(27)23-11-14-2-5-17(22)6-3-14/h2-9H,10-12H2,1H3,(H,23,27)(H,24,26)(H,25,28). The number of aromatic nitrogens is 1. The van der Waals surface area contributed by atoms with Crippen LogP contribution in [-0.4, -0.2) is 23.3 Å². The summed E-state index contributed by atoms with van der Waals surface area (Å²) in [6, 6.07) is 14.4. The zero-order chi connectivity index (χ0) is 20.1. The number of aromatic amines is 1. The summed E-state index contributed by atoms with van der Waals surface area (Å²) in [5.41, 5.74) is 2.95. The number of amides is 2. The topological polar surface area (TPSA) is 91.1 Å². The fourth-order valence-corrected chi connectivity index (χ4v) is 2.89. The van der Waals surface area contributed by atoms with Gasteiger partial charge in [-0.15, -0.1) is 0 Å². The molecule has 0 aliphatic carbocycles. The van der Waals surface area contributed by atoms with Crippen LogP contribution in [-0.2, 0) is 22.6 Å². The second-order valence-electron chi connectivity index (χ2n) is 6.56. The van der Waals surface area contributed by atoms with Crippen LogP contribution in [0.5, 0.6) is 0 Å². The minimum Gasteiger partial charge on any atom is -0.350 e. The molecule has 0 unspecified atom stereocenters. The maximum atomic E-state index is 12.1. The van der Waals surface area contributed by atoms with Gasteiger partial charge in [-0.25, -0.2) is 0 Å². The zero-order valence-electron chi connectivity index (χ0n) is 15.3. The molecule has 0 fully saturated rings. The summed E-state index contributed by atoms with van der Waals surface area (Å²) < 4.78 is 0. The first kappa shape index (κ1) is 19.6. The summed E-state index contributed by atoms with van der Waals surface area (Å²) >= 11 is 5.82. The summed E-state index contributed by atoms with van der Waals surface area (Å²) in [5.74, 6) is -0.517. The molecule has 0 aliphatic heterocycles. The van der Waals surface area contributed by atoms with Crippen LogP contribution in [0.4, 0.5) is 0 Å². The van der Waals surface area contributed by atoms with Gasteiger partial charge in [-0.1, -0.05) is 29.8 Å². The van der Waals surface area contributed by atoms with Crippen molar-refractivity contribution < 1.29 is 9.59 Å². The highest BCUT2D eigenvalue weighted by Crippen LogP contribution is 2.14. The van der Waals surface area contributed by atoms with Crippen molar-refractivity contribution in [1.29, 1.82) is 0 Å². The van der Waals surface area contributed by atoms with Gasteiger partial charge in [-0.3, -0.25) is 14.4 Å². The number of hydrogen-bond acceptors (Lipinski definition) is 3. The average Bonchev–Trinajstić information content (AvgIpc) is 2.67. The summed E-state index contributed by atoms with van der Waals surface area (Å²) in [6.07, 6.45) is 0.151. The Kier molecular flexibility index (Phi) is 6.11. The fraction of sp³-hybridized carbons (Fsp3) is 0.190. The molecule has 144 valence electrons. The predicted octanol–water partition coefficient (Wildman–Crippen LogP) is 2.47. The van der Waals surface area contributed by atoms with E-state index >= 15 is 0 Å². The molecule has 28 heavy (non-hydrogen) atoms. The second-order valence-corrected chi connectivity index (χ2v) is 7.00. The maximum Gasteiger partial charge on any atom is 0.251 e. The molecule has 3 N–H and O–H groups in total. The number of aryl methyl sites for hydroxylation is 1. The first-order chi connectivity index (χ1) is 13.4. The SMILES string of the molecule is Cc1cc2cc(CC(=O)NCC(=O)NCc3ccc(Cl)cc3)ccc2[nH]c1=O. The lowest BCUT2D eigenvalue weighted by molar-refractivity contribution is -0.125. The van der Waals surface area contributed by atoms with Crippen LogP contribution in [0.25, 0.3) is 10.9 Å². The van der Waals surface area contributed by atoms with Crippen molar-refractivity contribution in [3.05, 3.63) is 80.6 Å². The molecule has 1 heterocycles. The van der Waals surface area contributed by atoms with Crippen LogP contribution < -0.4 is 16.2 Å². The molecular formula is C21H20ClN3O3. The van der Waals surface area contributed by atoms with Crippen LogP contribution >= 0.6 is 11.6 Å². The molecule has 0 bridgehead atoms. The largest absolute Gasteiger partial charge is 0.350 e. The molecular weight excluding hydrogens is 378 g/mol. The summed E-state index contributed by atoms with van der Waals surface area (Å²) in [4.78, 5) is 38.5. The first-order valence-electron chi connectivity index (χ1n) is 8.81. The Hall–Kier alpha value is -3.12. The molecule has 2 amide bonds. The van der Waals surface area contributed by atoms with Gasteiger partial charge in [0.05, 0.1) is 13.0 Å². The van der Waals surface area contributed by atoms with Crippen molar-refractivity contribution in [2.75, 3.05) is 6.54 Å². The van der Waals surface area contributed by atoms with Gasteiger partial charge in [0.1, 0.15) is 0 Å². The molecule has 6 nitrogen and oxygen atoms in total. The lowest BCUT2D eigenvalue weighted by atomic mass is 10.1. The third-order valence-corrected chi connectivity index (χ3v) is 4.56. The Labute approximate surface area is 166 Å². The van der Waals surface area contributed by atoms with Crippen LogP contribution in [0.1, 0.15) is 16.7 Å². The van der Waals surface area contributed by atoms with E-state index < -0.39 is 0 Å². The molecule has 7 heteroatoms. The highest BCUT2D eigenvalue weighted by Gasteiger charge is 2.08. The van der Waals surface area contributed by atoms with Gasteiger partial charge in [0, 0.05) is 22.6 Å². The highest BCUT2D eigenvalue weighted by molar-refractivity contribution is 6.30. The van der Waals surface area contributed by atoms with Crippen LogP contribution in [0.2, 0.25) is 5.02 Å². The van der Waals surface area contributed by atoms with Crippen LogP contribution in [0.3, 0.4) is 0 Å². The van der Waals surface area contributed by atoms with E-state index in [0.717, 1.165) is 22.0 Å². The number of carbonyl (C=O) groups excluding carboxylic acids is 2. The second kappa shape index (κ2) is 8.71. The number of nitrogens with one attached hydrogen (secondary N) is 3. The number of hydrogen-bond donors (Lipinski definition) is 3. The van der Waals surface area contributed by atoms with Crippen molar-refractivity contribution in [2.24, 2.45) is 0 Å². The molecule has 0 atom stereocenters. The van der Waals surface area contributed by atoms with Crippen molar-refractivity contribution in [3.8, 4) is 0 Å². The van der Waals surface area contributed by atoms with Crippen molar-refractivity contribution in [2.45, 2.75) is 19.9 Å². The Morgan fingerprint density at radius 1 is 0.964 bits per heavy atom. The van der Waals surface area contributed by atoms with E-state index in [0.29, 0.717) is 17.1 Å². The fourth-order valence-electron chi connectivity index (χ4n) is 2.77. The monoisotopic (exact) mass is 397 g/mol. The maximum absolute atomic E-state index is 12.1. The normalized spacial score (nSPS) is 10.6. The highest BCUT2D eigenvalue weighted by atomic mass is 35.5. The molecule has 1 aromatic heterocycles. The van der Waals surface area contributed by atoms with Crippen LogP contribution in [0, 0.1) is 6.92 Å². The molecule has 0 radical (unpaired) electrons. The quantitative estimate of drug-likeness (QED) is 0.596. The number of benzene rings is 2. The van der Waals surface area contributed by atoms with E-state index in [1.165, 1.54) is 0 Å². The van der Waals surface area contributed by atoms with Crippen molar-refractivity contribution in [1.82, 2.24) is 15.6 Å². The number of pyridine rings is 1. The van der Waals surface area contributed by atoms with Crippen molar-refractivity contribution in [3.63, 3.8) is 0 Å². The summed E-state index contributed by atoms with van der Waals surface area (Å²) in [5, 5.41) is 6.86. The van der Waals surface area contributed by atoms with Crippen LogP contribution in [0.15, 0.2) is 53.3 Å². The Morgan fingerprint density at radius 2 is 1.68 bits per heavy atom. The minimum atomic E-state index is -0.269.